The molecule has 0 saturated carbocycles. The van der Waals surface area contributed by atoms with Crippen molar-refractivity contribution in [2.24, 2.45) is 0 Å². The molecule has 5 heteroatoms. The van der Waals surface area contributed by atoms with Gasteiger partial charge in [0.25, 0.3) is 5.91 Å². The van der Waals surface area contributed by atoms with Crippen molar-refractivity contribution in [2.45, 2.75) is 33.2 Å². The third-order valence-corrected chi connectivity index (χ3v) is 4.44. The van der Waals surface area contributed by atoms with Crippen molar-refractivity contribution in [3.05, 3.63) is 46.2 Å². The summed E-state index contributed by atoms with van der Waals surface area (Å²) < 4.78 is 0. The second kappa shape index (κ2) is 7.92. The van der Waals surface area contributed by atoms with Crippen molar-refractivity contribution in [3.63, 3.8) is 0 Å². The Hall–Kier alpha value is -2.14. The van der Waals surface area contributed by atoms with E-state index in [2.05, 4.69) is 10.6 Å². The molecule has 0 spiro atoms. The summed E-state index contributed by atoms with van der Waals surface area (Å²) in [6, 6.07) is 9.44. The largest absolute Gasteiger partial charge is 0.354 e. The molecule has 2 aromatic rings. The maximum absolute atomic E-state index is 12.5. The Morgan fingerprint density at radius 1 is 1.17 bits per heavy atom. The van der Waals surface area contributed by atoms with E-state index in [-0.39, 0.29) is 11.8 Å². The molecule has 0 aliphatic rings. The van der Waals surface area contributed by atoms with Crippen LogP contribution in [-0.2, 0) is 4.79 Å². The monoisotopic (exact) mass is 330 g/mol. The van der Waals surface area contributed by atoms with Crippen LogP contribution in [-0.4, -0.2) is 24.4 Å². The van der Waals surface area contributed by atoms with Gasteiger partial charge in [0.2, 0.25) is 5.91 Å². The van der Waals surface area contributed by atoms with Crippen molar-refractivity contribution in [1.82, 2.24) is 10.6 Å². The second-order valence-electron chi connectivity index (χ2n) is 5.52. The molecule has 0 fully saturated rings. The lowest BCUT2D eigenvalue weighted by Gasteiger charge is -2.14. The highest BCUT2D eigenvalue weighted by molar-refractivity contribution is 7.12. The van der Waals surface area contributed by atoms with Crippen molar-refractivity contribution in [3.8, 4) is 11.1 Å². The number of amides is 2. The maximum atomic E-state index is 12.5. The van der Waals surface area contributed by atoms with Gasteiger partial charge in [-0.3, -0.25) is 9.59 Å². The summed E-state index contributed by atoms with van der Waals surface area (Å²) in [6.45, 7) is 6.33. The average Bonchev–Trinajstić information content (AvgIpc) is 3.02. The highest BCUT2D eigenvalue weighted by Gasteiger charge is 2.19. The van der Waals surface area contributed by atoms with Gasteiger partial charge in [-0.25, -0.2) is 0 Å². The van der Waals surface area contributed by atoms with Crippen molar-refractivity contribution >= 4 is 23.2 Å². The van der Waals surface area contributed by atoms with Crippen molar-refractivity contribution < 1.29 is 9.59 Å². The van der Waals surface area contributed by atoms with Crippen LogP contribution in [0.2, 0.25) is 0 Å². The molecule has 0 unspecified atom stereocenters. The van der Waals surface area contributed by atoms with E-state index in [1.54, 1.807) is 6.92 Å². The lowest BCUT2D eigenvalue weighted by atomic mass is 10.0. The van der Waals surface area contributed by atoms with E-state index in [0.717, 1.165) is 17.5 Å². The zero-order valence-electron chi connectivity index (χ0n) is 13.7. The van der Waals surface area contributed by atoms with Gasteiger partial charge in [-0.1, -0.05) is 36.8 Å². The number of nitrogens with one attached hydrogen (secondary N) is 2. The highest BCUT2D eigenvalue weighted by atomic mass is 32.1. The summed E-state index contributed by atoms with van der Waals surface area (Å²) in [4.78, 5) is 25.0. The Bertz CT molecular complexity index is 677. The lowest BCUT2D eigenvalue weighted by molar-refractivity contribution is -0.122. The van der Waals surface area contributed by atoms with E-state index < -0.39 is 6.04 Å². The molecule has 0 bridgehead atoms. The Kier molecular flexibility index (Phi) is 5.93. The zero-order chi connectivity index (χ0) is 16.8. The molecule has 1 heterocycles. The van der Waals surface area contributed by atoms with Crippen LogP contribution >= 0.6 is 11.3 Å². The molecule has 2 amide bonds. The summed E-state index contributed by atoms with van der Waals surface area (Å²) in [5.74, 6) is -0.372. The summed E-state index contributed by atoms with van der Waals surface area (Å²) in [7, 11) is 0. The quantitative estimate of drug-likeness (QED) is 0.853. The highest BCUT2D eigenvalue weighted by Crippen LogP contribution is 2.28. The first-order chi connectivity index (χ1) is 11.0. The Morgan fingerprint density at radius 3 is 2.52 bits per heavy atom. The number of hydrogen-bond acceptors (Lipinski definition) is 3. The minimum absolute atomic E-state index is 0.159. The van der Waals surface area contributed by atoms with Gasteiger partial charge in [0, 0.05) is 12.1 Å². The normalized spacial score (nSPS) is 11.8. The third kappa shape index (κ3) is 4.42. The van der Waals surface area contributed by atoms with Crippen LogP contribution in [0.25, 0.3) is 11.1 Å². The first-order valence-electron chi connectivity index (χ1n) is 7.76. The summed E-state index contributed by atoms with van der Waals surface area (Å²) >= 11 is 1.38. The van der Waals surface area contributed by atoms with Crippen LogP contribution in [0, 0.1) is 6.92 Å². The van der Waals surface area contributed by atoms with Gasteiger partial charge in [0.05, 0.1) is 4.88 Å². The molecular weight excluding hydrogens is 308 g/mol. The first-order valence-corrected chi connectivity index (χ1v) is 8.64. The van der Waals surface area contributed by atoms with Crippen LogP contribution in [0.3, 0.4) is 0 Å². The molecule has 4 nitrogen and oxygen atoms in total. The molecule has 1 aromatic heterocycles. The number of hydrogen-bond donors (Lipinski definition) is 2. The fraction of sp³-hybridized carbons (Fsp3) is 0.333. The van der Waals surface area contributed by atoms with Gasteiger partial charge in [-0.05, 0) is 37.3 Å². The van der Waals surface area contributed by atoms with Crippen LogP contribution in [0.5, 0.6) is 0 Å². The predicted molar refractivity (Wildman–Crippen MR) is 94.7 cm³/mol. The SMILES string of the molecule is CCCNC(=O)[C@H](C)NC(=O)c1sccc1-c1ccc(C)cc1. The molecule has 1 atom stereocenters. The molecule has 122 valence electrons. The molecule has 1 aromatic carbocycles. The number of carbonyl (C=O) groups excluding carboxylic acids is 2. The van der Waals surface area contributed by atoms with Crippen LogP contribution < -0.4 is 10.6 Å². The Morgan fingerprint density at radius 2 is 1.87 bits per heavy atom. The van der Waals surface area contributed by atoms with Crippen molar-refractivity contribution in [2.75, 3.05) is 6.54 Å². The predicted octanol–water partition coefficient (Wildman–Crippen LogP) is 3.37. The van der Waals surface area contributed by atoms with E-state index in [9.17, 15) is 9.59 Å². The molecule has 23 heavy (non-hydrogen) atoms. The third-order valence-electron chi connectivity index (χ3n) is 3.52. The van der Waals surface area contributed by atoms with Gasteiger partial charge in [-0.2, -0.15) is 0 Å². The minimum Gasteiger partial charge on any atom is -0.354 e. The van der Waals surface area contributed by atoms with Crippen LogP contribution in [0.1, 0.15) is 35.5 Å². The number of rotatable bonds is 6. The van der Waals surface area contributed by atoms with Gasteiger partial charge >= 0.3 is 0 Å². The zero-order valence-corrected chi connectivity index (χ0v) is 14.5. The summed E-state index contributed by atoms with van der Waals surface area (Å²) in [6.07, 6.45) is 0.870. The molecule has 0 aliphatic carbocycles. The Balaban J connectivity index is 2.10. The average molecular weight is 330 g/mol. The van der Waals surface area contributed by atoms with Crippen LogP contribution in [0.15, 0.2) is 35.7 Å². The minimum atomic E-state index is -0.554. The molecule has 0 saturated heterocycles. The maximum Gasteiger partial charge on any atom is 0.262 e. The standard InChI is InChI=1S/C18H22N2O2S/c1-4-10-19-17(21)13(3)20-18(22)16-15(9-11-23-16)14-7-5-12(2)6-8-14/h5-9,11,13H,4,10H2,1-3H3,(H,19,21)(H,20,22)/t13-/m0/s1. The van der Waals surface area contributed by atoms with Gasteiger partial charge in [0.1, 0.15) is 6.04 Å². The molecule has 0 radical (unpaired) electrons. The van der Waals surface area contributed by atoms with E-state index in [1.165, 1.54) is 16.9 Å². The molecular formula is C18H22N2O2S. The fourth-order valence-corrected chi connectivity index (χ4v) is 2.99. The van der Waals surface area contributed by atoms with Gasteiger partial charge < -0.3 is 10.6 Å². The van der Waals surface area contributed by atoms with E-state index in [4.69, 9.17) is 0 Å². The molecule has 0 aliphatic heterocycles. The van der Waals surface area contributed by atoms with E-state index >= 15 is 0 Å². The molecule has 2 rings (SSSR count). The lowest BCUT2D eigenvalue weighted by Crippen LogP contribution is -2.44. The number of thiophene rings is 1. The Labute approximate surface area is 140 Å². The van der Waals surface area contributed by atoms with Gasteiger partial charge in [0.15, 0.2) is 0 Å². The number of carbonyl (C=O) groups is 2. The second-order valence-corrected chi connectivity index (χ2v) is 6.43. The first kappa shape index (κ1) is 17.2. The number of benzene rings is 1. The van der Waals surface area contributed by atoms with Crippen molar-refractivity contribution in [1.29, 1.82) is 0 Å². The summed E-state index contributed by atoms with van der Waals surface area (Å²) in [5.41, 5.74) is 3.08. The smallest absolute Gasteiger partial charge is 0.262 e. The number of aryl methyl sites for hydroxylation is 1. The van der Waals surface area contributed by atoms with Gasteiger partial charge in [-0.15, -0.1) is 11.3 Å². The topological polar surface area (TPSA) is 58.2 Å². The van der Waals surface area contributed by atoms with Crippen LogP contribution in [0.4, 0.5) is 0 Å². The van der Waals surface area contributed by atoms with E-state index in [0.29, 0.717) is 11.4 Å². The molecule has 2 N–H and O–H groups in total. The summed E-state index contributed by atoms with van der Waals surface area (Å²) in [5, 5.41) is 7.45. The fourth-order valence-electron chi connectivity index (χ4n) is 2.17. The van der Waals surface area contributed by atoms with E-state index in [1.807, 2.05) is 49.6 Å².